The molecule has 0 saturated carbocycles. The molecule has 0 radical (unpaired) electrons. The Bertz CT molecular complexity index is 1030. The molecule has 1 aliphatic carbocycles. The molecule has 1 aromatic carbocycles. The lowest BCUT2D eigenvalue weighted by molar-refractivity contribution is 0.508. The second-order valence-electron chi connectivity index (χ2n) is 6.35. The van der Waals surface area contributed by atoms with Gasteiger partial charge in [-0.2, -0.15) is 5.26 Å². The first-order chi connectivity index (χ1) is 11.7. The summed E-state index contributed by atoms with van der Waals surface area (Å²) in [5, 5.41) is 18.3. The Morgan fingerprint density at radius 3 is 3.08 bits per heavy atom. The maximum absolute atomic E-state index is 12.9. The Kier molecular flexibility index (Phi) is 3.66. The van der Waals surface area contributed by atoms with E-state index in [2.05, 4.69) is 23.3 Å². The van der Waals surface area contributed by atoms with Crippen LogP contribution < -0.4 is 5.56 Å². The van der Waals surface area contributed by atoms with Crippen LogP contribution in [0.1, 0.15) is 34.9 Å². The van der Waals surface area contributed by atoms with Crippen molar-refractivity contribution in [2.24, 2.45) is 5.92 Å². The fourth-order valence-electron chi connectivity index (χ4n) is 3.32. The Morgan fingerprint density at radius 1 is 1.42 bits per heavy atom. The summed E-state index contributed by atoms with van der Waals surface area (Å²) in [6.07, 6.45) is 3.07. The number of aryl methyl sites for hydroxylation is 1. The fraction of sp³-hybridized carbons (Fsp3) is 0.333. The molecule has 2 aromatic heterocycles. The second-order valence-corrected chi connectivity index (χ2v) is 7.44. The number of rotatable bonds is 2. The van der Waals surface area contributed by atoms with E-state index in [-0.39, 0.29) is 12.1 Å². The van der Waals surface area contributed by atoms with E-state index >= 15 is 0 Å². The molecule has 0 fully saturated rings. The average Bonchev–Trinajstić information content (AvgIpc) is 2.96. The smallest absolute Gasteiger partial charge is 0.267 e. The molecule has 3 aromatic rings. The first-order valence-electron chi connectivity index (χ1n) is 8.03. The van der Waals surface area contributed by atoms with Gasteiger partial charge in [-0.15, -0.1) is 16.4 Å². The van der Waals surface area contributed by atoms with Gasteiger partial charge in [-0.1, -0.05) is 30.3 Å². The van der Waals surface area contributed by atoms with Gasteiger partial charge in [0, 0.05) is 4.88 Å². The Balaban J connectivity index is 1.82. The molecule has 0 spiro atoms. The zero-order valence-electron chi connectivity index (χ0n) is 13.3. The van der Waals surface area contributed by atoms with Crippen LogP contribution in [0.25, 0.3) is 10.2 Å². The Hall–Kier alpha value is -2.52. The molecule has 0 amide bonds. The van der Waals surface area contributed by atoms with E-state index in [0.29, 0.717) is 11.5 Å². The molecular weight excluding hydrogens is 320 g/mol. The lowest BCUT2D eigenvalue weighted by Crippen LogP contribution is -2.25. The van der Waals surface area contributed by atoms with Crippen molar-refractivity contribution in [1.82, 2.24) is 15.0 Å². The van der Waals surface area contributed by atoms with Crippen LogP contribution in [-0.4, -0.2) is 15.0 Å². The zero-order valence-corrected chi connectivity index (χ0v) is 14.1. The number of nitriles is 1. The quantitative estimate of drug-likeness (QED) is 0.721. The highest BCUT2D eigenvalue weighted by atomic mass is 32.1. The van der Waals surface area contributed by atoms with Crippen molar-refractivity contribution in [2.45, 2.75) is 32.7 Å². The molecule has 0 N–H and O–H groups in total. The van der Waals surface area contributed by atoms with Crippen LogP contribution in [0.5, 0.6) is 0 Å². The molecule has 5 nitrogen and oxygen atoms in total. The maximum atomic E-state index is 12.9. The van der Waals surface area contributed by atoms with Gasteiger partial charge in [0.2, 0.25) is 0 Å². The second kappa shape index (κ2) is 5.84. The highest BCUT2D eigenvalue weighted by Crippen LogP contribution is 2.35. The largest absolute Gasteiger partial charge is 0.279 e. The minimum atomic E-state index is -0.0974. The third kappa shape index (κ3) is 2.42. The van der Waals surface area contributed by atoms with Gasteiger partial charge in [0.05, 0.1) is 23.6 Å². The van der Waals surface area contributed by atoms with Crippen molar-refractivity contribution in [2.75, 3.05) is 0 Å². The summed E-state index contributed by atoms with van der Waals surface area (Å²) in [4.78, 5) is 15.0. The molecule has 0 unspecified atom stereocenters. The summed E-state index contributed by atoms with van der Waals surface area (Å²) in [5.41, 5.74) is 2.41. The van der Waals surface area contributed by atoms with Gasteiger partial charge in [0.25, 0.3) is 5.56 Å². The first kappa shape index (κ1) is 15.0. The first-order valence-corrected chi connectivity index (χ1v) is 8.85. The summed E-state index contributed by atoms with van der Waals surface area (Å²) in [5.74, 6) is 0.656. The zero-order chi connectivity index (χ0) is 16.7. The summed E-state index contributed by atoms with van der Waals surface area (Å²) >= 11 is 1.60. The van der Waals surface area contributed by atoms with Crippen LogP contribution in [0.2, 0.25) is 0 Å². The van der Waals surface area contributed by atoms with E-state index in [9.17, 15) is 10.1 Å². The third-order valence-electron chi connectivity index (χ3n) is 4.64. The minimum absolute atomic E-state index is 0.0974. The molecule has 6 heteroatoms. The predicted octanol–water partition coefficient (Wildman–Crippen LogP) is 2.90. The van der Waals surface area contributed by atoms with E-state index < -0.39 is 0 Å². The maximum Gasteiger partial charge on any atom is 0.279 e. The van der Waals surface area contributed by atoms with Crippen molar-refractivity contribution >= 4 is 21.6 Å². The van der Waals surface area contributed by atoms with E-state index in [1.165, 1.54) is 9.56 Å². The Morgan fingerprint density at radius 2 is 2.25 bits per heavy atom. The third-order valence-corrected chi connectivity index (χ3v) is 5.78. The molecule has 1 aliphatic rings. The van der Waals surface area contributed by atoms with Gasteiger partial charge in [-0.25, -0.2) is 4.68 Å². The topological polar surface area (TPSA) is 71.6 Å². The van der Waals surface area contributed by atoms with Gasteiger partial charge >= 0.3 is 0 Å². The molecule has 4 rings (SSSR count). The SMILES string of the molecule is C[C@@H]1CCc2c(sc3nnn(Cc4ccccc4C#N)c(=O)c23)C1. The highest BCUT2D eigenvalue weighted by molar-refractivity contribution is 7.18. The van der Waals surface area contributed by atoms with Crippen molar-refractivity contribution in [3.05, 3.63) is 56.2 Å². The lowest BCUT2D eigenvalue weighted by Gasteiger charge is -2.17. The number of aromatic nitrogens is 3. The van der Waals surface area contributed by atoms with Crippen LogP contribution in [-0.2, 0) is 19.4 Å². The van der Waals surface area contributed by atoms with Crippen LogP contribution in [0.3, 0.4) is 0 Å². The van der Waals surface area contributed by atoms with Gasteiger partial charge < -0.3 is 0 Å². The summed E-state index contributed by atoms with van der Waals surface area (Å²) in [6.45, 7) is 2.52. The summed E-state index contributed by atoms with van der Waals surface area (Å²) < 4.78 is 1.38. The van der Waals surface area contributed by atoms with Crippen molar-refractivity contribution in [3.8, 4) is 6.07 Å². The molecule has 0 aliphatic heterocycles. The number of fused-ring (bicyclic) bond motifs is 3. The minimum Gasteiger partial charge on any atom is -0.267 e. The van der Waals surface area contributed by atoms with Gasteiger partial charge in [0.15, 0.2) is 4.83 Å². The number of hydrogen-bond acceptors (Lipinski definition) is 5. The van der Waals surface area contributed by atoms with Crippen LogP contribution in [0.15, 0.2) is 29.1 Å². The van der Waals surface area contributed by atoms with E-state index in [4.69, 9.17) is 0 Å². The number of benzene rings is 1. The van der Waals surface area contributed by atoms with Crippen molar-refractivity contribution in [1.29, 1.82) is 5.26 Å². The number of nitrogens with zero attached hydrogens (tertiary/aromatic N) is 4. The molecular formula is C18H16N4OS. The normalized spacial score (nSPS) is 16.8. The average molecular weight is 336 g/mol. The summed E-state index contributed by atoms with van der Waals surface area (Å²) in [7, 11) is 0. The number of thiophene rings is 1. The van der Waals surface area contributed by atoms with Crippen LogP contribution in [0.4, 0.5) is 0 Å². The molecule has 24 heavy (non-hydrogen) atoms. The number of hydrogen-bond donors (Lipinski definition) is 0. The Labute approximate surface area is 143 Å². The lowest BCUT2D eigenvalue weighted by atomic mass is 9.89. The summed E-state index contributed by atoms with van der Waals surface area (Å²) in [6, 6.07) is 9.44. The van der Waals surface area contributed by atoms with E-state index in [0.717, 1.165) is 40.6 Å². The van der Waals surface area contributed by atoms with Crippen molar-refractivity contribution in [3.63, 3.8) is 0 Å². The monoisotopic (exact) mass is 336 g/mol. The molecule has 2 heterocycles. The van der Waals surface area contributed by atoms with Crippen LogP contribution >= 0.6 is 11.3 Å². The van der Waals surface area contributed by atoms with E-state index in [1.54, 1.807) is 17.4 Å². The predicted molar refractivity (Wildman–Crippen MR) is 93.1 cm³/mol. The van der Waals surface area contributed by atoms with Crippen LogP contribution in [0, 0.1) is 17.2 Å². The fourth-order valence-corrected chi connectivity index (χ4v) is 4.64. The highest BCUT2D eigenvalue weighted by Gasteiger charge is 2.23. The van der Waals surface area contributed by atoms with Crippen molar-refractivity contribution < 1.29 is 0 Å². The van der Waals surface area contributed by atoms with Gasteiger partial charge in [-0.3, -0.25) is 4.79 Å². The van der Waals surface area contributed by atoms with E-state index in [1.807, 2.05) is 18.2 Å². The molecule has 0 bridgehead atoms. The molecule has 120 valence electrons. The van der Waals surface area contributed by atoms with Gasteiger partial charge in [0.1, 0.15) is 0 Å². The van der Waals surface area contributed by atoms with Gasteiger partial charge in [-0.05, 0) is 42.4 Å². The standard InChI is InChI=1S/C18H16N4OS/c1-11-6-7-14-15(8-11)24-17-16(14)18(23)22(21-20-17)10-13-5-3-2-4-12(13)9-19/h2-5,11H,6-8,10H2,1H3/t11-/m1/s1. The molecule has 0 saturated heterocycles. The molecule has 1 atom stereocenters.